The Morgan fingerprint density at radius 3 is 2.64 bits per heavy atom. The summed E-state index contributed by atoms with van der Waals surface area (Å²) in [4.78, 5) is 16.6. The summed E-state index contributed by atoms with van der Waals surface area (Å²) in [5.74, 6) is -0.171. The molecule has 7 heteroatoms. The van der Waals surface area contributed by atoms with Crippen molar-refractivity contribution in [2.75, 3.05) is 25.1 Å². The van der Waals surface area contributed by atoms with Crippen LogP contribution in [-0.4, -0.2) is 40.9 Å². The topological polar surface area (TPSA) is 91.7 Å². The SMILES string of the molecule is Cc1cc(-c2c(C3CCOCC3)c(NCC3(C(=O)O)CC3)nc3cc(O)ccc23)ccc1F. The van der Waals surface area contributed by atoms with Gasteiger partial charge in [0.1, 0.15) is 17.4 Å². The molecule has 1 saturated carbocycles. The van der Waals surface area contributed by atoms with Crippen molar-refractivity contribution in [2.24, 2.45) is 5.41 Å². The van der Waals surface area contributed by atoms with Crippen LogP contribution in [0.15, 0.2) is 36.4 Å². The molecule has 1 aliphatic carbocycles. The van der Waals surface area contributed by atoms with E-state index in [0.717, 1.165) is 34.9 Å². The van der Waals surface area contributed by atoms with Gasteiger partial charge in [0.25, 0.3) is 0 Å². The number of anilines is 1. The van der Waals surface area contributed by atoms with Gasteiger partial charge in [-0.25, -0.2) is 9.37 Å². The van der Waals surface area contributed by atoms with Crippen molar-refractivity contribution in [1.29, 1.82) is 0 Å². The quantitative estimate of drug-likeness (QED) is 0.477. The number of carboxylic acid groups (broad SMARTS) is 1. The van der Waals surface area contributed by atoms with E-state index in [1.807, 2.05) is 12.1 Å². The zero-order valence-corrected chi connectivity index (χ0v) is 18.5. The minimum absolute atomic E-state index is 0.102. The second-order valence-corrected chi connectivity index (χ2v) is 9.24. The Kier molecular flexibility index (Phi) is 5.44. The minimum Gasteiger partial charge on any atom is -0.508 e. The van der Waals surface area contributed by atoms with Crippen molar-refractivity contribution in [3.63, 3.8) is 0 Å². The van der Waals surface area contributed by atoms with Crippen LogP contribution in [0.2, 0.25) is 0 Å². The number of ether oxygens (including phenoxy) is 1. The zero-order chi connectivity index (χ0) is 23.2. The Labute approximate surface area is 191 Å². The van der Waals surface area contributed by atoms with Crippen molar-refractivity contribution >= 4 is 22.7 Å². The number of nitrogens with zero attached hydrogens (tertiary/aromatic N) is 1. The van der Waals surface area contributed by atoms with Crippen molar-refractivity contribution in [2.45, 2.75) is 38.5 Å². The van der Waals surface area contributed by atoms with Gasteiger partial charge in [-0.2, -0.15) is 0 Å². The van der Waals surface area contributed by atoms with E-state index in [-0.39, 0.29) is 24.0 Å². The molecule has 2 aromatic carbocycles. The highest BCUT2D eigenvalue weighted by molar-refractivity contribution is 5.99. The third kappa shape index (κ3) is 4.02. The predicted octanol–water partition coefficient (Wildman–Crippen LogP) is 5.23. The number of hydrogen-bond acceptors (Lipinski definition) is 5. The van der Waals surface area contributed by atoms with Gasteiger partial charge in [0, 0.05) is 36.8 Å². The van der Waals surface area contributed by atoms with Crippen LogP contribution in [0.5, 0.6) is 5.75 Å². The number of carbonyl (C=O) groups is 1. The standard InChI is InChI=1S/C26H27FN2O4/c1-15-12-17(2-5-20(15)27)22-19-4-3-18(30)13-21(19)29-24(23(22)16-6-10-33-11-7-16)28-14-26(8-9-26)25(31)32/h2-5,12-13,16,30H,6-11,14H2,1H3,(H,28,29)(H,31,32). The summed E-state index contributed by atoms with van der Waals surface area (Å²) in [5.41, 5.74) is 3.21. The molecular formula is C26H27FN2O4. The third-order valence-electron chi connectivity index (χ3n) is 6.98. The zero-order valence-electron chi connectivity index (χ0n) is 18.5. The van der Waals surface area contributed by atoms with Crippen LogP contribution in [0.25, 0.3) is 22.0 Å². The molecule has 2 heterocycles. The molecule has 1 aliphatic heterocycles. The fraction of sp³-hybridized carbons (Fsp3) is 0.385. The highest BCUT2D eigenvalue weighted by Gasteiger charge is 2.50. The van der Waals surface area contributed by atoms with E-state index < -0.39 is 11.4 Å². The summed E-state index contributed by atoms with van der Waals surface area (Å²) in [6.45, 7) is 3.31. The Bertz CT molecular complexity index is 1230. The summed E-state index contributed by atoms with van der Waals surface area (Å²) in [7, 11) is 0. The lowest BCUT2D eigenvalue weighted by molar-refractivity contribution is -0.142. The van der Waals surface area contributed by atoms with Gasteiger partial charge in [0.2, 0.25) is 0 Å². The number of rotatable bonds is 6. The van der Waals surface area contributed by atoms with Gasteiger partial charge < -0.3 is 20.3 Å². The number of pyridine rings is 1. The average Bonchev–Trinajstić information content (AvgIpc) is 3.60. The molecule has 172 valence electrons. The maximum Gasteiger partial charge on any atom is 0.311 e. The number of benzene rings is 2. The number of fused-ring (bicyclic) bond motifs is 1. The summed E-state index contributed by atoms with van der Waals surface area (Å²) < 4.78 is 19.7. The molecule has 0 radical (unpaired) electrons. The molecule has 1 saturated heterocycles. The van der Waals surface area contributed by atoms with E-state index in [0.29, 0.717) is 43.0 Å². The molecule has 0 atom stereocenters. The predicted molar refractivity (Wildman–Crippen MR) is 124 cm³/mol. The third-order valence-corrected chi connectivity index (χ3v) is 6.98. The number of phenolic OH excluding ortho intramolecular Hbond substituents is 1. The summed E-state index contributed by atoms with van der Waals surface area (Å²) in [5, 5.41) is 24.0. The molecule has 1 aromatic heterocycles. The molecular weight excluding hydrogens is 423 g/mol. The maximum atomic E-state index is 14.1. The molecule has 0 spiro atoms. The van der Waals surface area contributed by atoms with Crippen LogP contribution >= 0.6 is 0 Å². The Balaban J connectivity index is 1.73. The fourth-order valence-corrected chi connectivity index (χ4v) is 4.77. The number of halogens is 1. The fourth-order valence-electron chi connectivity index (χ4n) is 4.77. The number of phenols is 1. The molecule has 3 N–H and O–H groups in total. The molecule has 0 bridgehead atoms. The number of aryl methyl sites for hydroxylation is 1. The molecule has 2 fully saturated rings. The van der Waals surface area contributed by atoms with E-state index in [9.17, 15) is 19.4 Å². The van der Waals surface area contributed by atoms with Gasteiger partial charge in [-0.15, -0.1) is 0 Å². The van der Waals surface area contributed by atoms with Gasteiger partial charge in [0.15, 0.2) is 0 Å². The van der Waals surface area contributed by atoms with E-state index in [1.165, 1.54) is 6.07 Å². The van der Waals surface area contributed by atoms with Gasteiger partial charge >= 0.3 is 5.97 Å². The monoisotopic (exact) mass is 450 g/mol. The normalized spacial score (nSPS) is 17.8. The number of aromatic hydroxyl groups is 1. The van der Waals surface area contributed by atoms with E-state index in [4.69, 9.17) is 9.72 Å². The van der Waals surface area contributed by atoms with Crippen molar-refractivity contribution in [1.82, 2.24) is 4.98 Å². The first-order valence-electron chi connectivity index (χ1n) is 11.4. The summed E-state index contributed by atoms with van der Waals surface area (Å²) in [6, 6.07) is 10.2. The second kappa shape index (κ2) is 8.30. The smallest absolute Gasteiger partial charge is 0.311 e. The Morgan fingerprint density at radius 1 is 1.21 bits per heavy atom. The van der Waals surface area contributed by atoms with Gasteiger partial charge in [-0.05, 0) is 79.5 Å². The summed E-state index contributed by atoms with van der Waals surface area (Å²) >= 11 is 0. The number of hydrogen-bond donors (Lipinski definition) is 3. The van der Waals surface area contributed by atoms with Crippen LogP contribution in [0.4, 0.5) is 10.2 Å². The van der Waals surface area contributed by atoms with Crippen LogP contribution < -0.4 is 5.32 Å². The van der Waals surface area contributed by atoms with Crippen LogP contribution in [0.1, 0.15) is 42.7 Å². The lowest BCUT2D eigenvalue weighted by atomic mass is 9.84. The average molecular weight is 451 g/mol. The maximum absolute atomic E-state index is 14.1. The lowest BCUT2D eigenvalue weighted by Crippen LogP contribution is -2.26. The highest BCUT2D eigenvalue weighted by Crippen LogP contribution is 2.48. The van der Waals surface area contributed by atoms with Crippen LogP contribution in [0, 0.1) is 18.2 Å². The summed E-state index contributed by atoms with van der Waals surface area (Å²) in [6.07, 6.45) is 2.91. The number of aromatic nitrogens is 1. The van der Waals surface area contributed by atoms with E-state index in [1.54, 1.807) is 25.1 Å². The highest BCUT2D eigenvalue weighted by atomic mass is 19.1. The van der Waals surface area contributed by atoms with Crippen molar-refractivity contribution < 1.29 is 24.1 Å². The molecule has 5 rings (SSSR count). The van der Waals surface area contributed by atoms with Crippen LogP contribution in [0.3, 0.4) is 0 Å². The Morgan fingerprint density at radius 2 is 1.97 bits per heavy atom. The molecule has 0 unspecified atom stereocenters. The van der Waals surface area contributed by atoms with Crippen LogP contribution in [-0.2, 0) is 9.53 Å². The lowest BCUT2D eigenvalue weighted by Gasteiger charge is -2.28. The molecule has 33 heavy (non-hydrogen) atoms. The number of nitrogens with one attached hydrogen (secondary N) is 1. The van der Waals surface area contributed by atoms with E-state index in [2.05, 4.69) is 5.32 Å². The van der Waals surface area contributed by atoms with Crippen molar-refractivity contribution in [3.05, 3.63) is 53.3 Å². The van der Waals surface area contributed by atoms with Gasteiger partial charge in [-0.3, -0.25) is 4.79 Å². The molecule has 6 nitrogen and oxygen atoms in total. The minimum atomic E-state index is -0.796. The van der Waals surface area contributed by atoms with E-state index >= 15 is 0 Å². The molecule has 0 amide bonds. The number of carboxylic acids is 1. The Hall–Kier alpha value is -3.19. The second-order valence-electron chi connectivity index (χ2n) is 9.24. The molecule has 3 aromatic rings. The largest absolute Gasteiger partial charge is 0.508 e. The van der Waals surface area contributed by atoms with Gasteiger partial charge in [-0.1, -0.05) is 6.07 Å². The van der Waals surface area contributed by atoms with Gasteiger partial charge in [0.05, 0.1) is 10.9 Å². The number of aliphatic carboxylic acids is 1. The first kappa shape index (κ1) is 21.6. The first-order chi connectivity index (χ1) is 15.9. The first-order valence-corrected chi connectivity index (χ1v) is 11.4. The molecule has 2 aliphatic rings. The van der Waals surface area contributed by atoms with Crippen molar-refractivity contribution in [3.8, 4) is 16.9 Å².